The van der Waals surface area contributed by atoms with Crippen LogP contribution < -0.4 is 9.47 Å². The summed E-state index contributed by atoms with van der Waals surface area (Å²) >= 11 is 3.55. The first-order valence-electron chi connectivity index (χ1n) is 13.0. The number of ether oxygens (including phenoxy) is 2. The van der Waals surface area contributed by atoms with Gasteiger partial charge in [-0.05, 0) is 80.5 Å². The van der Waals surface area contributed by atoms with E-state index in [2.05, 4.69) is 108 Å². The van der Waals surface area contributed by atoms with Crippen molar-refractivity contribution in [3.05, 3.63) is 130 Å². The van der Waals surface area contributed by atoms with Crippen LogP contribution in [0.1, 0.15) is 22.3 Å². The largest absolute Gasteiger partial charge is 0.496 e. The quantitative estimate of drug-likeness (QED) is 0.221. The molecule has 2 aliphatic rings. The van der Waals surface area contributed by atoms with E-state index in [1.807, 2.05) is 0 Å². The second-order valence-electron chi connectivity index (χ2n) is 9.93. The molecule has 2 aliphatic carbocycles. The highest BCUT2D eigenvalue weighted by atomic mass is 32.1. The molecule has 0 radical (unpaired) electrons. The maximum Gasteiger partial charge on any atom is 0.124 e. The number of methoxy groups -OCH3 is 2. The van der Waals surface area contributed by atoms with Gasteiger partial charge in [-0.3, -0.25) is 0 Å². The molecule has 0 aliphatic heterocycles. The molecule has 0 amide bonds. The average molecular weight is 541 g/mol. The van der Waals surface area contributed by atoms with Gasteiger partial charge in [0.1, 0.15) is 11.5 Å². The number of hydrogen-bond acceptors (Lipinski definition) is 4. The fraction of sp³-hybridized carbons (Fsp3) is 0.0857. The molecule has 0 unspecified atom stereocenters. The van der Waals surface area contributed by atoms with Crippen LogP contribution in [0.15, 0.2) is 108 Å². The van der Waals surface area contributed by atoms with Gasteiger partial charge in [-0.2, -0.15) is 0 Å². The normalized spacial score (nSPS) is 13.6. The second-order valence-corrected chi connectivity index (χ2v) is 11.8. The minimum atomic E-state index is -0.574. The van der Waals surface area contributed by atoms with Crippen LogP contribution in [0, 0.1) is 0 Å². The minimum Gasteiger partial charge on any atom is -0.496 e. The fourth-order valence-corrected chi connectivity index (χ4v) is 8.47. The van der Waals surface area contributed by atoms with Crippen LogP contribution in [0.25, 0.3) is 43.1 Å². The molecule has 0 fully saturated rings. The molecule has 0 saturated carbocycles. The minimum absolute atomic E-state index is 0.574. The number of hydrogen-bond donors (Lipinski definition) is 0. The molecule has 0 N–H and O–H groups in total. The van der Waals surface area contributed by atoms with E-state index in [-0.39, 0.29) is 0 Å². The van der Waals surface area contributed by atoms with Crippen LogP contribution in [0.4, 0.5) is 0 Å². The fourth-order valence-electron chi connectivity index (χ4n) is 6.95. The van der Waals surface area contributed by atoms with E-state index in [0.29, 0.717) is 0 Å². The molecule has 8 rings (SSSR count). The van der Waals surface area contributed by atoms with E-state index in [4.69, 9.17) is 9.47 Å². The SMILES string of the molecule is COc1ccc(-c2cccs2)c2c1C1(c3ccccc3-2)c2ccccc2-c2c(-c3cccs3)ccc(OC)c21. The Kier molecular flexibility index (Phi) is 4.94. The third kappa shape index (κ3) is 2.85. The van der Waals surface area contributed by atoms with Gasteiger partial charge in [0.25, 0.3) is 0 Å². The third-order valence-corrected chi connectivity index (χ3v) is 10.1. The highest BCUT2D eigenvalue weighted by Gasteiger charge is 2.56. The maximum absolute atomic E-state index is 6.22. The zero-order valence-corrected chi connectivity index (χ0v) is 23.2. The molecule has 39 heavy (non-hydrogen) atoms. The molecule has 188 valence electrons. The van der Waals surface area contributed by atoms with Gasteiger partial charge in [-0.25, -0.2) is 0 Å². The zero-order valence-electron chi connectivity index (χ0n) is 21.5. The van der Waals surface area contributed by atoms with Crippen LogP contribution in [0.2, 0.25) is 0 Å². The van der Waals surface area contributed by atoms with Crippen molar-refractivity contribution in [2.45, 2.75) is 5.41 Å². The molecule has 0 saturated heterocycles. The smallest absolute Gasteiger partial charge is 0.124 e. The highest BCUT2D eigenvalue weighted by Crippen LogP contribution is 2.68. The summed E-state index contributed by atoms with van der Waals surface area (Å²) in [7, 11) is 3.58. The van der Waals surface area contributed by atoms with E-state index >= 15 is 0 Å². The Hall–Kier alpha value is -4.12. The predicted octanol–water partition coefficient (Wildman–Crippen LogP) is 9.50. The molecule has 0 atom stereocenters. The molecule has 4 heteroatoms. The van der Waals surface area contributed by atoms with E-state index in [1.165, 1.54) is 65.4 Å². The highest BCUT2D eigenvalue weighted by molar-refractivity contribution is 7.13. The maximum atomic E-state index is 6.22. The summed E-state index contributed by atoms with van der Waals surface area (Å²) in [5, 5.41) is 4.30. The van der Waals surface area contributed by atoms with Crippen LogP contribution in [-0.4, -0.2) is 14.2 Å². The first kappa shape index (κ1) is 22.8. The molecule has 6 aromatic rings. The van der Waals surface area contributed by atoms with Gasteiger partial charge in [0.2, 0.25) is 0 Å². The van der Waals surface area contributed by atoms with Gasteiger partial charge in [0.15, 0.2) is 0 Å². The van der Waals surface area contributed by atoms with Gasteiger partial charge in [-0.1, -0.05) is 60.7 Å². The van der Waals surface area contributed by atoms with Gasteiger partial charge >= 0.3 is 0 Å². The van der Waals surface area contributed by atoms with E-state index in [0.717, 1.165) is 11.5 Å². The second kappa shape index (κ2) is 8.44. The average Bonchev–Trinajstić information content (AvgIpc) is 3.80. The van der Waals surface area contributed by atoms with Gasteiger partial charge < -0.3 is 9.47 Å². The molecule has 2 nitrogen and oxygen atoms in total. The molecule has 4 aromatic carbocycles. The van der Waals surface area contributed by atoms with Crippen molar-refractivity contribution in [2.75, 3.05) is 14.2 Å². The number of rotatable bonds is 4. The Labute approximate surface area is 235 Å². The Morgan fingerprint density at radius 3 is 1.36 bits per heavy atom. The lowest BCUT2D eigenvalue weighted by Gasteiger charge is -2.32. The lowest BCUT2D eigenvalue weighted by molar-refractivity contribution is 0.398. The first-order valence-corrected chi connectivity index (χ1v) is 14.8. The van der Waals surface area contributed by atoms with Crippen LogP contribution >= 0.6 is 22.7 Å². The van der Waals surface area contributed by atoms with Gasteiger partial charge in [0.05, 0.1) is 19.6 Å². The van der Waals surface area contributed by atoms with E-state index in [9.17, 15) is 0 Å². The molecule has 0 bridgehead atoms. The summed E-state index contributed by atoms with van der Waals surface area (Å²) in [6.45, 7) is 0. The topological polar surface area (TPSA) is 18.5 Å². The molecular formula is C35H24O2S2. The Morgan fingerprint density at radius 1 is 0.487 bits per heavy atom. The van der Waals surface area contributed by atoms with Gasteiger partial charge in [0, 0.05) is 32.0 Å². The summed E-state index contributed by atoms with van der Waals surface area (Å²) in [5.74, 6) is 1.79. The summed E-state index contributed by atoms with van der Waals surface area (Å²) < 4.78 is 12.4. The van der Waals surface area contributed by atoms with Crippen molar-refractivity contribution in [2.24, 2.45) is 0 Å². The first-order chi connectivity index (χ1) is 19.3. The van der Waals surface area contributed by atoms with Crippen molar-refractivity contribution in [3.63, 3.8) is 0 Å². The lowest BCUT2D eigenvalue weighted by atomic mass is 9.69. The number of thiophene rings is 2. The molecule has 2 heterocycles. The van der Waals surface area contributed by atoms with Gasteiger partial charge in [-0.15, -0.1) is 22.7 Å². The predicted molar refractivity (Wildman–Crippen MR) is 162 cm³/mol. The van der Waals surface area contributed by atoms with E-state index < -0.39 is 5.41 Å². The van der Waals surface area contributed by atoms with Crippen molar-refractivity contribution in [3.8, 4) is 54.6 Å². The summed E-state index contributed by atoms with van der Waals surface area (Å²) in [6, 6.07) is 35.2. The number of benzene rings is 4. The molecule has 2 aromatic heterocycles. The van der Waals surface area contributed by atoms with E-state index in [1.54, 1.807) is 36.9 Å². The summed E-state index contributed by atoms with van der Waals surface area (Å²) in [6.07, 6.45) is 0. The van der Waals surface area contributed by atoms with Crippen molar-refractivity contribution >= 4 is 22.7 Å². The van der Waals surface area contributed by atoms with Crippen molar-refractivity contribution in [1.82, 2.24) is 0 Å². The van der Waals surface area contributed by atoms with Crippen molar-refractivity contribution in [1.29, 1.82) is 0 Å². The molecular weight excluding hydrogens is 517 g/mol. The number of fused-ring (bicyclic) bond motifs is 10. The Balaban J connectivity index is 1.62. The summed E-state index contributed by atoms with van der Waals surface area (Å²) in [5.41, 5.74) is 11.9. The Morgan fingerprint density at radius 2 is 0.949 bits per heavy atom. The summed E-state index contributed by atoms with van der Waals surface area (Å²) in [4.78, 5) is 2.51. The molecule has 1 spiro atoms. The van der Waals surface area contributed by atoms with Crippen LogP contribution in [0.5, 0.6) is 11.5 Å². The zero-order chi connectivity index (χ0) is 26.1. The van der Waals surface area contributed by atoms with Crippen LogP contribution in [0.3, 0.4) is 0 Å². The lowest BCUT2D eigenvalue weighted by Crippen LogP contribution is -2.27. The third-order valence-electron chi connectivity index (χ3n) is 8.30. The van der Waals surface area contributed by atoms with Crippen LogP contribution in [-0.2, 0) is 5.41 Å². The monoisotopic (exact) mass is 540 g/mol. The van der Waals surface area contributed by atoms with Crippen molar-refractivity contribution < 1.29 is 9.47 Å². The standard InChI is InChI=1S/C35H24O2S2/c1-36-27-17-15-23(29-13-7-19-38-29)31-21-9-3-5-11-25(21)35(33(27)31)26-12-6-4-10-22(26)32-24(30-14-8-20-39-30)16-18-28(37-2)34(32)35/h3-20H,1-2H3. The Bertz CT molecular complexity index is 1740.